The Morgan fingerprint density at radius 1 is 1.64 bits per heavy atom. The lowest BCUT2D eigenvalue weighted by atomic mass is 10.5. The molecule has 0 aromatic carbocycles. The Bertz CT molecular complexity index is 438. The van der Waals surface area contributed by atoms with Crippen molar-refractivity contribution in [2.45, 2.75) is 11.1 Å². The Labute approximate surface area is 94.5 Å². The summed E-state index contributed by atoms with van der Waals surface area (Å²) in [6, 6.07) is 1.65. The van der Waals surface area contributed by atoms with E-state index in [-0.39, 0.29) is 16.5 Å². The fourth-order valence-corrected chi connectivity index (χ4v) is 4.17. The molecule has 0 aliphatic heterocycles. The Morgan fingerprint density at radius 3 is 2.71 bits per heavy atom. The zero-order valence-corrected chi connectivity index (χ0v) is 10.5. The van der Waals surface area contributed by atoms with Gasteiger partial charge in [0.25, 0.3) is 10.0 Å². The SMILES string of the molecule is CC(=O)CNS(=O)(=O)c1sccc1Br. The van der Waals surface area contributed by atoms with Gasteiger partial charge in [-0.2, -0.15) is 0 Å². The Kier molecular flexibility index (Phi) is 3.82. The minimum absolute atomic E-state index is 0.174. The van der Waals surface area contributed by atoms with Crippen LogP contribution in [0.25, 0.3) is 0 Å². The lowest BCUT2D eigenvalue weighted by Crippen LogP contribution is -2.28. The highest BCUT2D eigenvalue weighted by atomic mass is 79.9. The number of thiophene rings is 1. The van der Waals surface area contributed by atoms with Gasteiger partial charge in [-0.05, 0) is 34.3 Å². The van der Waals surface area contributed by atoms with Gasteiger partial charge in [-0.3, -0.25) is 4.79 Å². The molecule has 0 saturated heterocycles. The first kappa shape index (κ1) is 11.8. The molecular weight excluding hydrogens is 290 g/mol. The van der Waals surface area contributed by atoms with Crippen LogP contribution in [0.2, 0.25) is 0 Å². The Hall–Kier alpha value is -0.240. The molecule has 0 radical (unpaired) electrons. The van der Waals surface area contributed by atoms with Crippen LogP contribution in [-0.4, -0.2) is 20.7 Å². The average Bonchev–Trinajstić information content (AvgIpc) is 2.48. The third kappa shape index (κ3) is 2.88. The summed E-state index contributed by atoms with van der Waals surface area (Å²) in [6.07, 6.45) is 0. The second-order valence-corrected chi connectivity index (χ2v) is 6.32. The number of hydrogen-bond acceptors (Lipinski definition) is 4. The quantitative estimate of drug-likeness (QED) is 0.913. The highest BCUT2D eigenvalue weighted by Crippen LogP contribution is 2.26. The number of rotatable bonds is 4. The van der Waals surface area contributed by atoms with E-state index in [1.54, 1.807) is 11.4 Å². The first-order valence-electron chi connectivity index (χ1n) is 3.65. The van der Waals surface area contributed by atoms with Crippen LogP contribution in [-0.2, 0) is 14.8 Å². The molecule has 1 N–H and O–H groups in total. The summed E-state index contributed by atoms with van der Waals surface area (Å²) in [6.45, 7) is 1.15. The molecule has 0 aliphatic rings. The first-order valence-corrected chi connectivity index (χ1v) is 6.81. The third-order valence-electron chi connectivity index (χ3n) is 1.34. The molecule has 0 atom stereocenters. The molecule has 0 aliphatic carbocycles. The van der Waals surface area contributed by atoms with Crippen LogP contribution in [0.3, 0.4) is 0 Å². The van der Waals surface area contributed by atoms with Gasteiger partial charge < -0.3 is 0 Å². The molecule has 0 bridgehead atoms. The van der Waals surface area contributed by atoms with Crippen molar-refractivity contribution < 1.29 is 13.2 Å². The van der Waals surface area contributed by atoms with Crippen molar-refractivity contribution in [2.75, 3.05) is 6.54 Å². The Morgan fingerprint density at radius 2 is 2.29 bits per heavy atom. The van der Waals surface area contributed by atoms with Gasteiger partial charge in [0.05, 0.1) is 6.54 Å². The minimum atomic E-state index is -3.54. The molecule has 0 fully saturated rings. The number of sulfonamides is 1. The smallest absolute Gasteiger partial charge is 0.251 e. The molecule has 0 amide bonds. The lowest BCUT2D eigenvalue weighted by molar-refractivity contribution is -0.115. The second kappa shape index (κ2) is 4.52. The summed E-state index contributed by atoms with van der Waals surface area (Å²) in [7, 11) is -3.54. The molecule has 1 rings (SSSR count). The van der Waals surface area contributed by atoms with E-state index in [0.29, 0.717) is 4.47 Å². The van der Waals surface area contributed by atoms with E-state index in [1.807, 2.05) is 0 Å². The highest BCUT2D eigenvalue weighted by molar-refractivity contribution is 9.10. The standard InChI is InChI=1S/C7H8BrNO3S2/c1-5(10)4-9-14(11,12)7-6(8)2-3-13-7/h2-3,9H,4H2,1H3. The van der Waals surface area contributed by atoms with Crippen molar-refractivity contribution in [1.29, 1.82) is 0 Å². The predicted octanol–water partition coefficient (Wildman–Crippen LogP) is 1.38. The summed E-state index contributed by atoms with van der Waals surface area (Å²) in [5.74, 6) is -0.221. The van der Waals surface area contributed by atoms with Crippen molar-refractivity contribution in [3.63, 3.8) is 0 Å². The van der Waals surface area contributed by atoms with Crippen LogP contribution < -0.4 is 4.72 Å². The maximum Gasteiger partial charge on any atom is 0.251 e. The molecule has 14 heavy (non-hydrogen) atoms. The molecule has 7 heteroatoms. The average molecular weight is 298 g/mol. The number of ketones is 1. The van der Waals surface area contributed by atoms with E-state index in [4.69, 9.17) is 0 Å². The van der Waals surface area contributed by atoms with E-state index in [1.165, 1.54) is 6.92 Å². The number of hydrogen-bond donors (Lipinski definition) is 1. The Balaban J connectivity index is 2.87. The third-order valence-corrected chi connectivity index (χ3v) is 5.41. The van der Waals surface area contributed by atoms with Gasteiger partial charge >= 0.3 is 0 Å². The van der Waals surface area contributed by atoms with E-state index >= 15 is 0 Å². The van der Waals surface area contributed by atoms with Crippen LogP contribution in [0.4, 0.5) is 0 Å². The molecule has 1 aromatic heterocycles. The predicted molar refractivity (Wildman–Crippen MR) is 57.9 cm³/mol. The van der Waals surface area contributed by atoms with E-state index in [9.17, 15) is 13.2 Å². The second-order valence-electron chi connectivity index (χ2n) is 2.58. The fraction of sp³-hybridized carbons (Fsp3) is 0.286. The monoisotopic (exact) mass is 297 g/mol. The zero-order chi connectivity index (χ0) is 10.8. The van der Waals surface area contributed by atoms with E-state index in [0.717, 1.165) is 11.3 Å². The lowest BCUT2D eigenvalue weighted by Gasteiger charge is -2.02. The van der Waals surface area contributed by atoms with Crippen LogP contribution in [0, 0.1) is 0 Å². The van der Waals surface area contributed by atoms with Gasteiger partial charge in [-0.15, -0.1) is 11.3 Å². The summed E-state index contributed by atoms with van der Waals surface area (Å²) in [5, 5.41) is 1.66. The van der Waals surface area contributed by atoms with Gasteiger partial charge in [0.15, 0.2) is 0 Å². The van der Waals surface area contributed by atoms with Crippen molar-refractivity contribution in [3.8, 4) is 0 Å². The fourth-order valence-electron chi connectivity index (χ4n) is 0.734. The minimum Gasteiger partial charge on any atom is -0.299 e. The van der Waals surface area contributed by atoms with Crippen LogP contribution >= 0.6 is 27.3 Å². The van der Waals surface area contributed by atoms with E-state index in [2.05, 4.69) is 20.7 Å². The molecule has 1 aromatic rings. The van der Waals surface area contributed by atoms with Crippen LogP contribution in [0.1, 0.15) is 6.92 Å². The van der Waals surface area contributed by atoms with Crippen molar-refractivity contribution in [1.82, 2.24) is 4.72 Å². The van der Waals surface area contributed by atoms with Crippen LogP contribution in [0.5, 0.6) is 0 Å². The van der Waals surface area contributed by atoms with Gasteiger partial charge in [-0.1, -0.05) is 0 Å². The summed E-state index contributed by atoms with van der Waals surface area (Å²) >= 11 is 4.21. The number of carbonyl (C=O) groups excluding carboxylic acids is 1. The largest absolute Gasteiger partial charge is 0.299 e. The number of Topliss-reactive ketones (excluding diaryl/α,β-unsaturated/α-hetero) is 1. The molecule has 0 spiro atoms. The van der Waals surface area contributed by atoms with Crippen LogP contribution in [0.15, 0.2) is 20.1 Å². The normalized spacial score (nSPS) is 11.6. The highest BCUT2D eigenvalue weighted by Gasteiger charge is 2.18. The first-order chi connectivity index (χ1) is 6.43. The molecule has 0 unspecified atom stereocenters. The maximum atomic E-state index is 11.5. The summed E-state index contributed by atoms with van der Waals surface area (Å²) in [4.78, 5) is 10.6. The van der Waals surface area contributed by atoms with Crippen molar-refractivity contribution in [3.05, 3.63) is 15.9 Å². The molecule has 0 saturated carbocycles. The number of carbonyl (C=O) groups is 1. The van der Waals surface area contributed by atoms with Crippen molar-refractivity contribution in [2.24, 2.45) is 0 Å². The summed E-state index contributed by atoms with van der Waals surface area (Å²) in [5.41, 5.74) is 0. The van der Waals surface area contributed by atoms with Gasteiger partial charge in [0.2, 0.25) is 0 Å². The van der Waals surface area contributed by atoms with Gasteiger partial charge in [0.1, 0.15) is 9.99 Å². The molecule has 78 valence electrons. The van der Waals surface area contributed by atoms with Gasteiger partial charge in [0, 0.05) is 4.47 Å². The maximum absolute atomic E-state index is 11.5. The van der Waals surface area contributed by atoms with E-state index < -0.39 is 10.0 Å². The topological polar surface area (TPSA) is 63.2 Å². The zero-order valence-electron chi connectivity index (χ0n) is 7.28. The number of nitrogens with one attached hydrogen (secondary N) is 1. The molecular formula is C7H8BrNO3S2. The molecule has 4 nitrogen and oxygen atoms in total. The molecule has 1 heterocycles. The number of halogens is 1. The summed E-state index contributed by atoms with van der Waals surface area (Å²) < 4.78 is 26.0. The van der Waals surface area contributed by atoms with Crippen molar-refractivity contribution >= 4 is 43.1 Å². The van der Waals surface area contributed by atoms with Gasteiger partial charge in [-0.25, -0.2) is 13.1 Å².